The van der Waals surface area contributed by atoms with E-state index in [1.807, 2.05) is 66.7 Å². The number of benzene rings is 5. The van der Waals surface area contributed by atoms with Gasteiger partial charge in [0, 0.05) is 22.4 Å². The van der Waals surface area contributed by atoms with Crippen molar-refractivity contribution in [2.24, 2.45) is 0 Å². The van der Waals surface area contributed by atoms with Crippen LogP contribution in [0.15, 0.2) is 145 Å². The standard InChI is InChI=1S/C39H32N2O5/c1-45-37-15-9-8-14-32(37)26-35(41-38(43)31-12-6-3-7-13-31)39(44)40-33-21-19-30(20-22-33)36(42)25-18-28-16-23-34(24-17-28)46-27-29-10-4-2-5-11-29/h2-26H,27H2,1H3,(H,40,44)(H,41,43)/b25-18+,35-26-. The topological polar surface area (TPSA) is 93.7 Å². The second-order valence-corrected chi connectivity index (χ2v) is 10.2. The van der Waals surface area contributed by atoms with E-state index in [4.69, 9.17) is 9.47 Å². The van der Waals surface area contributed by atoms with E-state index in [1.54, 1.807) is 78.9 Å². The molecule has 7 heteroatoms. The molecular formula is C39H32N2O5. The SMILES string of the molecule is COc1ccccc1/C=C(\NC(=O)c1ccccc1)C(=O)Nc1ccc(C(=O)/C=C/c2ccc(OCc3ccccc3)cc2)cc1. The average Bonchev–Trinajstić information content (AvgIpc) is 3.11. The van der Waals surface area contributed by atoms with E-state index in [0.717, 1.165) is 16.9 Å². The number of hydrogen-bond acceptors (Lipinski definition) is 5. The molecule has 0 aliphatic heterocycles. The van der Waals surface area contributed by atoms with Crippen LogP contribution < -0.4 is 20.1 Å². The Morgan fingerprint density at radius 3 is 2.04 bits per heavy atom. The molecule has 0 spiro atoms. The van der Waals surface area contributed by atoms with Gasteiger partial charge in [0.15, 0.2) is 5.78 Å². The highest BCUT2D eigenvalue weighted by molar-refractivity contribution is 6.11. The van der Waals surface area contributed by atoms with Gasteiger partial charge in [-0.2, -0.15) is 0 Å². The Kier molecular flexibility index (Phi) is 10.5. The Balaban J connectivity index is 1.23. The zero-order valence-corrected chi connectivity index (χ0v) is 25.2. The van der Waals surface area contributed by atoms with E-state index in [0.29, 0.717) is 34.7 Å². The summed E-state index contributed by atoms with van der Waals surface area (Å²) in [5.74, 6) is 0.133. The van der Waals surface area contributed by atoms with E-state index >= 15 is 0 Å². The largest absolute Gasteiger partial charge is 0.496 e. The van der Waals surface area contributed by atoms with Gasteiger partial charge < -0.3 is 20.1 Å². The lowest BCUT2D eigenvalue weighted by molar-refractivity contribution is -0.113. The molecule has 5 aromatic rings. The molecule has 0 bridgehead atoms. The fraction of sp³-hybridized carbons (Fsp3) is 0.0513. The molecular weight excluding hydrogens is 576 g/mol. The molecule has 0 saturated heterocycles. The van der Waals surface area contributed by atoms with Crippen LogP contribution in [-0.2, 0) is 11.4 Å². The molecule has 46 heavy (non-hydrogen) atoms. The first-order valence-electron chi connectivity index (χ1n) is 14.6. The molecule has 0 heterocycles. The van der Waals surface area contributed by atoms with Gasteiger partial charge >= 0.3 is 0 Å². The van der Waals surface area contributed by atoms with Crippen molar-refractivity contribution in [1.82, 2.24) is 5.32 Å². The van der Waals surface area contributed by atoms with Gasteiger partial charge in [-0.05, 0) is 77.9 Å². The van der Waals surface area contributed by atoms with Crippen LogP contribution in [0.25, 0.3) is 12.2 Å². The Morgan fingerprint density at radius 2 is 1.35 bits per heavy atom. The van der Waals surface area contributed by atoms with Crippen molar-refractivity contribution >= 4 is 35.4 Å². The van der Waals surface area contributed by atoms with E-state index in [1.165, 1.54) is 13.2 Å². The Bertz CT molecular complexity index is 1850. The summed E-state index contributed by atoms with van der Waals surface area (Å²) < 4.78 is 11.2. The van der Waals surface area contributed by atoms with Crippen LogP contribution >= 0.6 is 0 Å². The van der Waals surface area contributed by atoms with E-state index in [9.17, 15) is 14.4 Å². The monoisotopic (exact) mass is 608 g/mol. The first-order valence-corrected chi connectivity index (χ1v) is 14.6. The quantitative estimate of drug-likeness (QED) is 0.113. The predicted molar refractivity (Wildman–Crippen MR) is 181 cm³/mol. The fourth-order valence-corrected chi connectivity index (χ4v) is 4.48. The highest BCUT2D eigenvalue weighted by Crippen LogP contribution is 2.21. The van der Waals surface area contributed by atoms with Gasteiger partial charge in [-0.3, -0.25) is 14.4 Å². The van der Waals surface area contributed by atoms with Gasteiger partial charge in [0.25, 0.3) is 11.8 Å². The van der Waals surface area contributed by atoms with Gasteiger partial charge in [0.2, 0.25) is 0 Å². The summed E-state index contributed by atoms with van der Waals surface area (Å²) >= 11 is 0. The summed E-state index contributed by atoms with van der Waals surface area (Å²) in [6.07, 6.45) is 4.80. The molecule has 228 valence electrons. The molecule has 0 aliphatic carbocycles. The maximum absolute atomic E-state index is 13.4. The summed E-state index contributed by atoms with van der Waals surface area (Å²) in [4.78, 5) is 39.1. The van der Waals surface area contributed by atoms with Gasteiger partial charge in [-0.1, -0.05) is 84.9 Å². The summed E-state index contributed by atoms with van der Waals surface area (Å²) in [7, 11) is 1.53. The van der Waals surface area contributed by atoms with Crippen LogP contribution in [0, 0.1) is 0 Å². The van der Waals surface area contributed by atoms with Gasteiger partial charge in [0.05, 0.1) is 7.11 Å². The molecule has 7 nitrogen and oxygen atoms in total. The number of nitrogens with one attached hydrogen (secondary N) is 2. The maximum atomic E-state index is 13.4. The normalized spacial score (nSPS) is 11.1. The van der Waals surface area contributed by atoms with Crippen molar-refractivity contribution in [1.29, 1.82) is 0 Å². The Morgan fingerprint density at radius 1 is 0.696 bits per heavy atom. The molecule has 0 fully saturated rings. The number of rotatable bonds is 12. The van der Waals surface area contributed by atoms with Crippen molar-refractivity contribution in [3.63, 3.8) is 0 Å². The smallest absolute Gasteiger partial charge is 0.272 e. The molecule has 0 aliphatic rings. The molecule has 0 aromatic heterocycles. The first kappa shape index (κ1) is 31.2. The summed E-state index contributed by atoms with van der Waals surface area (Å²) in [5.41, 5.74) is 3.90. The van der Waals surface area contributed by atoms with Gasteiger partial charge in [-0.25, -0.2) is 0 Å². The van der Waals surface area contributed by atoms with E-state index in [-0.39, 0.29) is 11.5 Å². The number of methoxy groups -OCH3 is 1. The minimum Gasteiger partial charge on any atom is -0.496 e. The van der Waals surface area contributed by atoms with Crippen molar-refractivity contribution in [3.8, 4) is 11.5 Å². The van der Waals surface area contributed by atoms with E-state index < -0.39 is 11.8 Å². The third-order valence-corrected chi connectivity index (χ3v) is 6.95. The lowest BCUT2D eigenvalue weighted by Gasteiger charge is -2.12. The van der Waals surface area contributed by atoms with Crippen LogP contribution in [0.4, 0.5) is 5.69 Å². The fourth-order valence-electron chi connectivity index (χ4n) is 4.48. The molecule has 0 saturated carbocycles. The van der Waals surface area contributed by atoms with Crippen molar-refractivity contribution in [3.05, 3.63) is 173 Å². The number of ether oxygens (including phenoxy) is 2. The zero-order chi connectivity index (χ0) is 32.1. The maximum Gasteiger partial charge on any atom is 0.272 e. The number of amides is 2. The Hall–Kier alpha value is -6.21. The predicted octanol–water partition coefficient (Wildman–Crippen LogP) is 7.58. The van der Waals surface area contributed by atoms with Crippen molar-refractivity contribution < 1.29 is 23.9 Å². The minimum atomic E-state index is -0.537. The second-order valence-electron chi connectivity index (χ2n) is 10.2. The zero-order valence-electron chi connectivity index (χ0n) is 25.2. The van der Waals surface area contributed by atoms with Crippen LogP contribution in [0.5, 0.6) is 11.5 Å². The first-order chi connectivity index (χ1) is 22.5. The number of allylic oxidation sites excluding steroid dienone is 1. The minimum absolute atomic E-state index is 0.0259. The number of ketones is 1. The highest BCUT2D eigenvalue weighted by atomic mass is 16.5. The van der Waals surface area contributed by atoms with Crippen LogP contribution in [0.3, 0.4) is 0 Å². The molecule has 0 unspecified atom stereocenters. The average molecular weight is 609 g/mol. The molecule has 0 radical (unpaired) electrons. The van der Waals surface area contributed by atoms with Crippen LogP contribution in [0.1, 0.15) is 37.4 Å². The van der Waals surface area contributed by atoms with Crippen molar-refractivity contribution in [2.45, 2.75) is 6.61 Å². The van der Waals surface area contributed by atoms with Gasteiger partial charge in [-0.15, -0.1) is 0 Å². The third-order valence-electron chi connectivity index (χ3n) is 6.95. The number of hydrogen-bond donors (Lipinski definition) is 2. The Labute approximate surface area is 267 Å². The number of carbonyl (C=O) groups excluding carboxylic acids is 3. The second kappa shape index (κ2) is 15.5. The molecule has 5 rings (SSSR count). The lowest BCUT2D eigenvalue weighted by Crippen LogP contribution is -2.30. The lowest BCUT2D eigenvalue weighted by atomic mass is 10.1. The van der Waals surface area contributed by atoms with Crippen LogP contribution in [-0.4, -0.2) is 24.7 Å². The number of carbonyl (C=O) groups is 3. The summed E-state index contributed by atoms with van der Waals surface area (Å²) in [5, 5.41) is 5.52. The molecule has 0 atom stereocenters. The molecule has 2 N–H and O–H groups in total. The summed E-state index contributed by atoms with van der Waals surface area (Å²) in [6, 6.07) is 39.8. The highest BCUT2D eigenvalue weighted by Gasteiger charge is 2.16. The van der Waals surface area contributed by atoms with Crippen LogP contribution in [0.2, 0.25) is 0 Å². The number of para-hydroxylation sites is 1. The molecule has 5 aromatic carbocycles. The summed E-state index contributed by atoms with van der Waals surface area (Å²) in [6.45, 7) is 0.479. The van der Waals surface area contributed by atoms with Gasteiger partial charge in [0.1, 0.15) is 23.8 Å². The third kappa shape index (κ3) is 8.67. The van der Waals surface area contributed by atoms with E-state index in [2.05, 4.69) is 10.6 Å². The van der Waals surface area contributed by atoms with Crippen molar-refractivity contribution in [2.75, 3.05) is 12.4 Å². The molecule has 2 amide bonds. The number of anilines is 1.